The predicted molar refractivity (Wildman–Crippen MR) is 78.6 cm³/mol. The molecule has 0 aliphatic carbocycles. The van der Waals surface area contributed by atoms with Gasteiger partial charge in [-0.15, -0.1) is 24.8 Å². The Labute approximate surface area is 123 Å². The van der Waals surface area contributed by atoms with Crippen LogP contribution in [0.5, 0.6) is 0 Å². The number of piperazine rings is 1. The standard InChI is InChI=1S/C11H14BrN3.2ClH/c12-9-1-2-11(13-7-9)15-6-5-14-4-3-10(15)8-14;;/h1-2,7,10H,3-6,8H2;2*1H. The summed E-state index contributed by atoms with van der Waals surface area (Å²) >= 11 is 3.42. The predicted octanol–water partition coefficient (Wildman–Crippen LogP) is 2.58. The van der Waals surface area contributed by atoms with Gasteiger partial charge in [0.25, 0.3) is 0 Å². The van der Waals surface area contributed by atoms with Crippen molar-refractivity contribution in [3.05, 3.63) is 22.8 Å². The van der Waals surface area contributed by atoms with Gasteiger partial charge in [-0.3, -0.25) is 4.90 Å². The highest BCUT2D eigenvalue weighted by molar-refractivity contribution is 9.10. The lowest BCUT2D eigenvalue weighted by molar-refractivity contribution is 0.310. The lowest BCUT2D eigenvalue weighted by Gasteiger charge is -2.35. The van der Waals surface area contributed by atoms with Crippen molar-refractivity contribution in [2.24, 2.45) is 0 Å². The third-order valence-electron chi connectivity index (χ3n) is 3.35. The molecular formula is C11H16BrCl2N3. The second-order valence-corrected chi connectivity index (χ2v) is 5.19. The van der Waals surface area contributed by atoms with E-state index in [2.05, 4.69) is 42.8 Å². The van der Waals surface area contributed by atoms with E-state index in [1.54, 1.807) is 0 Å². The fraction of sp³-hybridized carbons (Fsp3) is 0.545. The summed E-state index contributed by atoms with van der Waals surface area (Å²) in [4.78, 5) is 9.48. The summed E-state index contributed by atoms with van der Waals surface area (Å²) in [6.07, 6.45) is 3.18. The summed E-state index contributed by atoms with van der Waals surface area (Å²) in [5.41, 5.74) is 0. The molecule has 1 aromatic rings. The molecule has 2 aliphatic heterocycles. The van der Waals surface area contributed by atoms with Crippen molar-refractivity contribution < 1.29 is 0 Å². The highest BCUT2D eigenvalue weighted by atomic mass is 79.9. The van der Waals surface area contributed by atoms with Gasteiger partial charge in [0.15, 0.2) is 0 Å². The summed E-state index contributed by atoms with van der Waals surface area (Å²) < 4.78 is 1.05. The van der Waals surface area contributed by atoms with Crippen LogP contribution in [0.1, 0.15) is 6.42 Å². The van der Waals surface area contributed by atoms with E-state index in [0.717, 1.165) is 16.8 Å². The first-order valence-electron chi connectivity index (χ1n) is 5.43. The molecule has 17 heavy (non-hydrogen) atoms. The molecule has 96 valence electrons. The number of aromatic nitrogens is 1. The average Bonchev–Trinajstić information content (AvgIpc) is 2.63. The van der Waals surface area contributed by atoms with Gasteiger partial charge in [-0.1, -0.05) is 0 Å². The molecule has 3 rings (SSSR count). The fourth-order valence-corrected chi connectivity index (χ4v) is 2.78. The van der Waals surface area contributed by atoms with Gasteiger partial charge in [0.05, 0.1) is 0 Å². The van der Waals surface area contributed by atoms with Crippen molar-refractivity contribution in [2.75, 3.05) is 31.1 Å². The lowest BCUT2D eigenvalue weighted by Crippen LogP contribution is -2.47. The Balaban J connectivity index is 0.000000722. The van der Waals surface area contributed by atoms with Crippen LogP contribution in [-0.2, 0) is 0 Å². The first kappa shape index (κ1) is 15.0. The van der Waals surface area contributed by atoms with Crippen LogP contribution in [0.4, 0.5) is 5.82 Å². The largest absolute Gasteiger partial charge is 0.351 e. The monoisotopic (exact) mass is 339 g/mol. The summed E-state index contributed by atoms with van der Waals surface area (Å²) in [6.45, 7) is 4.79. The maximum atomic E-state index is 4.48. The summed E-state index contributed by atoms with van der Waals surface area (Å²) in [5, 5.41) is 0. The zero-order valence-electron chi connectivity index (χ0n) is 9.38. The minimum absolute atomic E-state index is 0. The van der Waals surface area contributed by atoms with Crippen LogP contribution in [-0.4, -0.2) is 42.1 Å². The Kier molecular flexibility index (Phi) is 5.51. The van der Waals surface area contributed by atoms with E-state index in [1.165, 1.54) is 26.1 Å². The zero-order valence-corrected chi connectivity index (χ0v) is 12.6. The van der Waals surface area contributed by atoms with Crippen LogP contribution in [0.2, 0.25) is 0 Å². The Bertz CT molecular complexity index is 360. The molecule has 2 atom stereocenters. The van der Waals surface area contributed by atoms with Crippen molar-refractivity contribution in [3.63, 3.8) is 0 Å². The zero-order chi connectivity index (χ0) is 10.3. The van der Waals surface area contributed by atoms with Gasteiger partial charge in [-0.2, -0.15) is 0 Å². The number of halogens is 3. The average molecular weight is 341 g/mol. The molecule has 2 fully saturated rings. The molecular weight excluding hydrogens is 325 g/mol. The first-order valence-corrected chi connectivity index (χ1v) is 6.23. The molecule has 3 heterocycles. The molecule has 0 amide bonds. The van der Waals surface area contributed by atoms with Crippen molar-refractivity contribution in [3.8, 4) is 0 Å². The minimum atomic E-state index is 0. The molecule has 6 heteroatoms. The van der Waals surface area contributed by atoms with E-state index in [4.69, 9.17) is 0 Å². The number of hydrogen-bond donors (Lipinski definition) is 0. The van der Waals surface area contributed by atoms with E-state index in [-0.39, 0.29) is 24.8 Å². The molecule has 1 aromatic heterocycles. The molecule has 2 aliphatic rings. The number of rotatable bonds is 1. The molecule has 0 N–H and O–H groups in total. The van der Waals surface area contributed by atoms with E-state index < -0.39 is 0 Å². The van der Waals surface area contributed by atoms with Gasteiger partial charge in [0.2, 0.25) is 0 Å². The van der Waals surface area contributed by atoms with E-state index >= 15 is 0 Å². The summed E-state index contributed by atoms with van der Waals surface area (Å²) in [7, 11) is 0. The smallest absolute Gasteiger partial charge is 0.128 e. The highest BCUT2D eigenvalue weighted by Gasteiger charge is 2.32. The fourth-order valence-electron chi connectivity index (χ4n) is 2.54. The molecule has 0 aromatic carbocycles. The maximum absolute atomic E-state index is 4.48. The Morgan fingerprint density at radius 1 is 1.18 bits per heavy atom. The maximum Gasteiger partial charge on any atom is 0.128 e. The molecule has 0 radical (unpaired) electrons. The van der Waals surface area contributed by atoms with Gasteiger partial charge in [0.1, 0.15) is 5.82 Å². The molecule has 2 bridgehead atoms. The van der Waals surface area contributed by atoms with Crippen molar-refractivity contribution >= 4 is 46.6 Å². The lowest BCUT2D eigenvalue weighted by atomic mass is 10.2. The van der Waals surface area contributed by atoms with Gasteiger partial charge in [-0.05, 0) is 34.5 Å². The highest BCUT2D eigenvalue weighted by Crippen LogP contribution is 2.25. The number of hydrogen-bond acceptors (Lipinski definition) is 3. The minimum Gasteiger partial charge on any atom is -0.351 e. The van der Waals surface area contributed by atoms with Gasteiger partial charge in [-0.25, -0.2) is 4.98 Å². The number of pyridine rings is 1. The van der Waals surface area contributed by atoms with E-state index in [1.807, 2.05) is 6.20 Å². The Morgan fingerprint density at radius 2 is 2.00 bits per heavy atom. The number of nitrogens with zero attached hydrogens (tertiary/aromatic N) is 3. The second kappa shape index (κ2) is 6.23. The van der Waals surface area contributed by atoms with Crippen molar-refractivity contribution in [1.82, 2.24) is 9.88 Å². The summed E-state index contributed by atoms with van der Waals surface area (Å²) in [6, 6.07) is 4.87. The van der Waals surface area contributed by atoms with Crippen LogP contribution >= 0.6 is 40.7 Å². The quantitative estimate of drug-likeness (QED) is 0.783. The van der Waals surface area contributed by atoms with Gasteiger partial charge in [0, 0.05) is 42.9 Å². The third-order valence-corrected chi connectivity index (χ3v) is 3.82. The number of anilines is 1. The molecule has 2 saturated heterocycles. The third kappa shape index (κ3) is 3.05. The van der Waals surface area contributed by atoms with Crippen molar-refractivity contribution in [1.29, 1.82) is 0 Å². The topological polar surface area (TPSA) is 19.4 Å². The molecule has 0 saturated carbocycles. The number of fused-ring (bicyclic) bond motifs is 2. The second-order valence-electron chi connectivity index (χ2n) is 4.27. The van der Waals surface area contributed by atoms with E-state index in [0.29, 0.717) is 6.04 Å². The van der Waals surface area contributed by atoms with E-state index in [9.17, 15) is 0 Å². The van der Waals surface area contributed by atoms with Gasteiger partial charge < -0.3 is 4.90 Å². The Morgan fingerprint density at radius 3 is 2.71 bits per heavy atom. The van der Waals surface area contributed by atoms with Gasteiger partial charge >= 0.3 is 0 Å². The first-order chi connectivity index (χ1) is 7.33. The molecule has 3 nitrogen and oxygen atoms in total. The Hall–Kier alpha value is -0.0300. The van der Waals surface area contributed by atoms with Crippen LogP contribution in [0.15, 0.2) is 22.8 Å². The van der Waals surface area contributed by atoms with Crippen LogP contribution in [0, 0.1) is 0 Å². The molecule has 0 spiro atoms. The molecule has 2 unspecified atom stereocenters. The van der Waals surface area contributed by atoms with Crippen molar-refractivity contribution in [2.45, 2.75) is 12.5 Å². The van der Waals surface area contributed by atoms with Crippen LogP contribution in [0.3, 0.4) is 0 Å². The van der Waals surface area contributed by atoms with Crippen LogP contribution in [0.25, 0.3) is 0 Å². The SMILES string of the molecule is Brc1ccc(N2CCN3CCC2C3)nc1.Cl.Cl. The normalized spacial score (nSPS) is 26.1. The summed E-state index contributed by atoms with van der Waals surface area (Å²) in [5.74, 6) is 1.13. The van der Waals surface area contributed by atoms with Crippen LogP contribution < -0.4 is 4.90 Å².